The number of anilines is 1. The average molecular weight is 330 g/mol. The van der Waals surface area contributed by atoms with Gasteiger partial charge in [0.25, 0.3) is 5.95 Å². The van der Waals surface area contributed by atoms with E-state index in [0.29, 0.717) is 5.95 Å². The molecule has 0 unspecified atom stereocenters. The third-order valence-corrected chi connectivity index (χ3v) is 3.36. The highest BCUT2D eigenvalue weighted by molar-refractivity contribution is 5.85. The van der Waals surface area contributed by atoms with Crippen molar-refractivity contribution >= 4 is 18.2 Å². The molecule has 0 saturated carbocycles. The maximum absolute atomic E-state index is 4.57. The van der Waals surface area contributed by atoms with Crippen LogP contribution in [0.4, 0.5) is 5.82 Å². The van der Waals surface area contributed by atoms with E-state index in [2.05, 4.69) is 32.5 Å². The number of benzene rings is 1. The van der Waals surface area contributed by atoms with Crippen molar-refractivity contribution in [2.24, 2.45) is 0 Å². The Kier molecular flexibility index (Phi) is 5.34. The molecule has 1 aromatic carbocycles. The maximum atomic E-state index is 4.57. The fourth-order valence-electron chi connectivity index (χ4n) is 2.36. The summed E-state index contributed by atoms with van der Waals surface area (Å²) >= 11 is 0. The van der Waals surface area contributed by atoms with Crippen molar-refractivity contribution < 1.29 is 0 Å². The standard InChI is InChI=1S/C17H19N5.ClH/c1-12-10-16(18-11-15-7-5-4-6-8-15)20-17(19-12)22-14(3)9-13(2)21-22;/h4-10H,11H2,1-3H3,(H,18,19,20);1H. The molecule has 5 nitrogen and oxygen atoms in total. The molecular formula is C17H20ClN5. The molecule has 0 aliphatic rings. The third kappa shape index (κ3) is 4.07. The Morgan fingerprint density at radius 1 is 0.957 bits per heavy atom. The van der Waals surface area contributed by atoms with Crippen LogP contribution in [0.15, 0.2) is 42.5 Å². The Morgan fingerprint density at radius 2 is 1.70 bits per heavy atom. The molecule has 0 saturated heterocycles. The zero-order valence-electron chi connectivity index (χ0n) is 13.4. The highest BCUT2D eigenvalue weighted by Gasteiger charge is 2.09. The Hall–Kier alpha value is -2.40. The number of aromatic nitrogens is 4. The van der Waals surface area contributed by atoms with Gasteiger partial charge in [-0.05, 0) is 32.4 Å². The normalized spacial score (nSPS) is 10.2. The van der Waals surface area contributed by atoms with Crippen molar-refractivity contribution in [2.75, 3.05) is 5.32 Å². The number of halogens is 1. The first-order valence-corrected chi connectivity index (χ1v) is 7.29. The summed E-state index contributed by atoms with van der Waals surface area (Å²) in [5.74, 6) is 1.40. The lowest BCUT2D eigenvalue weighted by molar-refractivity contribution is 0.768. The first kappa shape index (κ1) is 17.0. The molecule has 6 heteroatoms. The smallest absolute Gasteiger partial charge is 0.252 e. The SMILES string of the molecule is Cc1cc(NCc2ccccc2)nc(-n2nc(C)cc2C)n1.Cl. The molecule has 1 N–H and O–H groups in total. The summed E-state index contributed by atoms with van der Waals surface area (Å²) in [6, 6.07) is 14.2. The highest BCUT2D eigenvalue weighted by Crippen LogP contribution is 2.13. The summed E-state index contributed by atoms with van der Waals surface area (Å²) in [6.45, 7) is 6.66. The summed E-state index contributed by atoms with van der Waals surface area (Å²) in [4.78, 5) is 9.05. The molecule has 0 atom stereocenters. The molecule has 0 aliphatic heterocycles. The lowest BCUT2D eigenvalue weighted by atomic mass is 10.2. The average Bonchev–Trinajstić information content (AvgIpc) is 2.84. The third-order valence-electron chi connectivity index (χ3n) is 3.36. The summed E-state index contributed by atoms with van der Waals surface area (Å²) in [5.41, 5.74) is 4.11. The van der Waals surface area contributed by atoms with Crippen LogP contribution in [0, 0.1) is 20.8 Å². The molecule has 120 valence electrons. The van der Waals surface area contributed by atoms with Gasteiger partial charge in [0.05, 0.1) is 5.69 Å². The topological polar surface area (TPSA) is 55.6 Å². The van der Waals surface area contributed by atoms with E-state index in [9.17, 15) is 0 Å². The second-order valence-electron chi connectivity index (χ2n) is 5.37. The van der Waals surface area contributed by atoms with E-state index in [4.69, 9.17) is 0 Å². The van der Waals surface area contributed by atoms with Crippen LogP contribution in [0.1, 0.15) is 22.6 Å². The van der Waals surface area contributed by atoms with Crippen LogP contribution in [0.3, 0.4) is 0 Å². The van der Waals surface area contributed by atoms with E-state index in [1.807, 2.05) is 51.1 Å². The molecule has 0 radical (unpaired) electrons. The van der Waals surface area contributed by atoms with E-state index in [0.717, 1.165) is 29.4 Å². The summed E-state index contributed by atoms with van der Waals surface area (Å²) in [6.07, 6.45) is 0. The van der Waals surface area contributed by atoms with Crippen LogP contribution in [0.25, 0.3) is 5.95 Å². The number of hydrogen-bond donors (Lipinski definition) is 1. The predicted molar refractivity (Wildman–Crippen MR) is 94.4 cm³/mol. The number of nitrogens with zero attached hydrogens (tertiary/aromatic N) is 4. The number of nitrogens with one attached hydrogen (secondary N) is 1. The van der Waals surface area contributed by atoms with Gasteiger partial charge in [0.1, 0.15) is 5.82 Å². The Labute approximate surface area is 142 Å². The van der Waals surface area contributed by atoms with Crippen molar-refractivity contribution in [3.8, 4) is 5.95 Å². The number of aryl methyl sites for hydroxylation is 3. The summed E-state index contributed by atoms with van der Waals surface area (Å²) < 4.78 is 1.77. The Bertz CT molecular complexity index is 783. The second kappa shape index (κ2) is 7.24. The van der Waals surface area contributed by atoms with Crippen molar-refractivity contribution in [3.63, 3.8) is 0 Å². The number of hydrogen-bond acceptors (Lipinski definition) is 4. The minimum absolute atomic E-state index is 0. The van der Waals surface area contributed by atoms with Crippen LogP contribution in [0.2, 0.25) is 0 Å². The molecule has 2 aromatic heterocycles. The van der Waals surface area contributed by atoms with Crippen molar-refractivity contribution in [2.45, 2.75) is 27.3 Å². The zero-order chi connectivity index (χ0) is 15.5. The molecule has 3 aromatic rings. The maximum Gasteiger partial charge on any atom is 0.252 e. The quantitative estimate of drug-likeness (QED) is 0.794. The monoisotopic (exact) mass is 329 g/mol. The molecular weight excluding hydrogens is 310 g/mol. The Balaban J connectivity index is 0.00000192. The van der Waals surface area contributed by atoms with Gasteiger partial charge in [-0.1, -0.05) is 30.3 Å². The second-order valence-corrected chi connectivity index (χ2v) is 5.37. The van der Waals surface area contributed by atoms with E-state index in [1.54, 1.807) is 4.68 Å². The lowest BCUT2D eigenvalue weighted by Gasteiger charge is -2.09. The molecule has 0 spiro atoms. The molecule has 3 rings (SSSR count). The van der Waals surface area contributed by atoms with E-state index < -0.39 is 0 Å². The first-order chi connectivity index (χ1) is 10.6. The molecule has 0 bridgehead atoms. The Morgan fingerprint density at radius 3 is 2.35 bits per heavy atom. The van der Waals surface area contributed by atoms with Crippen LogP contribution in [0.5, 0.6) is 0 Å². The molecule has 0 fully saturated rings. The van der Waals surface area contributed by atoms with Gasteiger partial charge in [0, 0.05) is 24.0 Å². The van der Waals surface area contributed by atoms with Crippen molar-refractivity contribution in [1.82, 2.24) is 19.7 Å². The van der Waals surface area contributed by atoms with Crippen molar-refractivity contribution in [3.05, 3.63) is 65.1 Å². The molecule has 23 heavy (non-hydrogen) atoms. The van der Waals surface area contributed by atoms with E-state index in [-0.39, 0.29) is 12.4 Å². The molecule has 0 aliphatic carbocycles. The van der Waals surface area contributed by atoms with Crippen LogP contribution >= 0.6 is 12.4 Å². The van der Waals surface area contributed by atoms with Gasteiger partial charge >= 0.3 is 0 Å². The fourth-order valence-corrected chi connectivity index (χ4v) is 2.36. The van der Waals surface area contributed by atoms with Crippen LogP contribution in [-0.2, 0) is 6.54 Å². The van der Waals surface area contributed by atoms with Gasteiger partial charge in [-0.25, -0.2) is 9.67 Å². The molecule has 2 heterocycles. The van der Waals surface area contributed by atoms with Gasteiger partial charge in [-0.3, -0.25) is 0 Å². The molecule has 0 amide bonds. The summed E-state index contributed by atoms with van der Waals surface area (Å²) in [5, 5.41) is 7.79. The van der Waals surface area contributed by atoms with Gasteiger partial charge in [0.2, 0.25) is 0 Å². The minimum atomic E-state index is 0. The predicted octanol–water partition coefficient (Wildman–Crippen LogP) is 3.62. The van der Waals surface area contributed by atoms with E-state index >= 15 is 0 Å². The zero-order valence-corrected chi connectivity index (χ0v) is 14.3. The van der Waals surface area contributed by atoms with Crippen LogP contribution < -0.4 is 5.32 Å². The van der Waals surface area contributed by atoms with E-state index in [1.165, 1.54) is 5.56 Å². The minimum Gasteiger partial charge on any atom is -0.366 e. The highest BCUT2D eigenvalue weighted by atomic mass is 35.5. The van der Waals surface area contributed by atoms with Gasteiger partial charge in [-0.15, -0.1) is 12.4 Å². The largest absolute Gasteiger partial charge is 0.366 e. The number of rotatable bonds is 4. The summed E-state index contributed by atoms with van der Waals surface area (Å²) in [7, 11) is 0. The van der Waals surface area contributed by atoms with Crippen molar-refractivity contribution in [1.29, 1.82) is 0 Å². The van der Waals surface area contributed by atoms with Crippen LogP contribution in [-0.4, -0.2) is 19.7 Å². The first-order valence-electron chi connectivity index (χ1n) is 7.29. The lowest BCUT2D eigenvalue weighted by Crippen LogP contribution is -2.09. The van der Waals surface area contributed by atoms with Gasteiger partial charge in [0.15, 0.2) is 0 Å². The van der Waals surface area contributed by atoms with Gasteiger partial charge < -0.3 is 5.32 Å². The fraction of sp³-hybridized carbons (Fsp3) is 0.235. The van der Waals surface area contributed by atoms with Gasteiger partial charge in [-0.2, -0.15) is 10.1 Å².